The fourth-order valence-corrected chi connectivity index (χ4v) is 1.18. The molecule has 0 spiro atoms. The Labute approximate surface area is 111 Å². The van der Waals surface area contributed by atoms with Gasteiger partial charge in [-0.25, -0.2) is 4.79 Å². The lowest BCUT2D eigenvalue weighted by atomic mass is 10.3. The second kappa shape index (κ2) is 7.20. The van der Waals surface area contributed by atoms with Crippen LogP contribution < -0.4 is 4.74 Å². The second-order valence-corrected chi connectivity index (χ2v) is 3.85. The number of hydrogen-bond acceptors (Lipinski definition) is 5. The zero-order valence-electron chi connectivity index (χ0n) is 10.9. The highest BCUT2D eigenvalue weighted by Gasteiger charge is 2.18. The van der Waals surface area contributed by atoms with Crippen LogP contribution in [0, 0.1) is 0 Å². The van der Waals surface area contributed by atoms with Crippen LogP contribution >= 0.6 is 0 Å². The lowest BCUT2D eigenvalue weighted by Crippen LogP contribution is -2.29. The van der Waals surface area contributed by atoms with Crippen molar-refractivity contribution in [3.05, 3.63) is 42.5 Å². The van der Waals surface area contributed by atoms with E-state index in [0.717, 1.165) is 0 Å². The van der Waals surface area contributed by atoms with Gasteiger partial charge in [0.25, 0.3) is 6.29 Å². The Morgan fingerprint density at radius 2 is 1.79 bits per heavy atom. The van der Waals surface area contributed by atoms with Crippen LogP contribution in [-0.4, -0.2) is 24.8 Å². The van der Waals surface area contributed by atoms with Crippen molar-refractivity contribution in [3.8, 4) is 5.75 Å². The van der Waals surface area contributed by atoms with Gasteiger partial charge in [0.1, 0.15) is 5.75 Å². The van der Waals surface area contributed by atoms with Gasteiger partial charge in [-0.1, -0.05) is 24.8 Å². The lowest BCUT2D eigenvalue weighted by molar-refractivity contribution is -0.188. The third kappa shape index (κ3) is 5.72. The molecule has 1 aromatic carbocycles. The van der Waals surface area contributed by atoms with E-state index in [4.69, 9.17) is 14.2 Å². The predicted octanol–water partition coefficient (Wildman–Crippen LogP) is 2.07. The third-order valence-electron chi connectivity index (χ3n) is 2.01. The number of esters is 2. The van der Waals surface area contributed by atoms with Crippen LogP contribution in [0.25, 0.3) is 0 Å². The van der Waals surface area contributed by atoms with Gasteiger partial charge in [0.05, 0.1) is 0 Å². The monoisotopic (exact) mass is 264 g/mol. The van der Waals surface area contributed by atoms with Crippen molar-refractivity contribution in [2.24, 2.45) is 0 Å². The number of ether oxygens (including phenoxy) is 3. The standard InChI is InChI=1S/C14H16O5/c1-10(2)14(16)19-13(18-11(3)15)9-17-12-7-5-4-6-8-12/h4-8,13H,1,9H2,2-3H3. The Kier molecular flexibility index (Phi) is 5.60. The van der Waals surface area contributed by atoms with Crippen molar-refractivity contribution < 1.29 is 23.8 Å². The Morgan fingerprint density at radius 1 is 1.16 bits per heavy atom. The highest BCUT2D eigenvalue weighted by atomic mass is 16.7. The van der Waals surface area contributed by atoms with E-state index in [9.17, 15) is 9.59 Å². The number of benzene rings is 1. The van der Waals surface area contributed by atoms with Crippen LogP contribution in [0.4, 0.5) is 0 Å². The largest absolute Gasteiger partial charge is 0.486 e. The minimum absolute atomic E-state index is 0.0807. The van der Waals surface area contributed by atoms with Gasteiger partial charge >= 0.3 is 11.9 Å². The lowest BCUT2D eigenvalue weighted by Gasteiger charge is -2.18. The number of para-hydroxylation sites is 1. The first-order chi connectivity index (χ1) is 8.99. The van der Waals surface area contributed by atoms with Crippen LogP contribution in [0.3, 0.4) is 0 Å². The quantitative estimate of drug-likeness (QED) is 0.447. The summed E-state index contributed by atoms with van der Waals surface area (Å²) in [5.41, 5.74) is 0.219. The molecule has 0 amide bonds. The minimum atomic E-state index is -1.10. The molecule has 0 fully saturated rings. The normalized spacial score (nSPS) is 11.3. The Bertz CT molecular complexity index is 452. The predicted molar refractivity (Wildman–Crippen MR) is 68.4 cm³/mol. The average molecular weight is 264 g/mol. The maximum Gasteiger partial charge on any atom is 0.336 e. The highest BCUT2D eigenvalue weighted by Crippen LogP contribution is 2.10. The first-order valence-electron chi connectivity index (χ1n) is 5.70. The van der Waals surface area contributed by atoms with E-state index < -0.39 is 18.2 Å². The second-order valence-electron chi connectivity index (χ2n) is 3.85. The molecule has 0 saturated carbocycles. The van der Waals surface area contributed by atoms with Gasteiger partial charge in [-0.2, -0.15) is 0 Å². The molecule has 5 nitrogen and oxygen atoms in total. The molecule has 1 unspecified atom stereocenters. The van der Waals surface area contributed by atoms with Crippen LogP contribution in [0.5, 0.6) is 5.75 Å². The molecule has 102 valence electrons. The van der Waals surface area contributed by atoms with Gasteiger partial charge < -0.3 is 14.2 Å². The van der Waals surface area contributed by atoms with E-state index in [1.807, 2.05) is 6.07 Å². The first-order valence-corrected chi connectivity index (χ1v) is 5.70. The maximum atomic E-state index is 11.4. The molecule has 1 rings (SSSR count). The van der Waals surface area contributed by atoms with E-state index in [2.05, 4.69) is 6.58 Å². The van der Waals surface area contributed by atoms with Crippen molar-refractivity contribution in [3.63, 3.8) is 0 Å². The molecule has 1 atom stereocenters. The summed E-state index contributed by atoms with van der Waals surface area (Å²) in [4.78, 5) is 22.3. The summed E-state index contributed by atoms with van der Waals surface area (Å²) < 4.78 is 15.1. The van der Waals surface area contributed by atoms with Gasteiger partial charge in [0.2, 0.25) is 0 Å². The minimum Gasteiger partial charge on any atom is -0.486 e. The fourth-order valence-electron chi connectivity index (χ4n) is 1.18. The van der Waals surface area contributed by atoms with Crippen molar-refractivity contribution in [2.45, 2.75) is 20.1 Å². The van der Waals surface area contributed by atoms with Gasteiger partial charge in [0.15, 0.2) is 6.61 Å². The van der Waals surface area contributed by atoms with E-state index in [1.165, 1.54) is 13.8 Å². The molecule has 0 radical (unpaired) electrons. The topological polar surface area (TPSA) is 61.8 Å². The summed E-state index contributed by atoms with van der Waals surface area (Å²) in [7, 11) is 0. The summed E-state index contributed by atoms with van der Waals surface area (Å²) in [6.07, 6.45) is -1.10. The summed E-state index contributed by atoms with van der Waals surface area (Å²) in [5, 5.41) is 0. The summed E-state index contributed by atoms with van der Waals surface area (Å²) in [6, 6.07) is 8.93. The maximum absolute atomic E-state index is 11.4. The van der Waals surface area contributed by atoms with E-state index >= 15 is 0 Å². The molecule has 0 aromatic heterocycles. The molecular formula is C14H16O5. The number of rotatable bonds is 6. The molecule has 1 aromatic rings. The number of carbonyl (C=O) groups excluding carboxylic acids is 2. The summed E-state index contributed by atoms with van der Waals surface area (Å²) in [6.45, 7) is 6.10. The third-order valence-corrected chi connectivity index (χ3v) is 2.01. The van der Waals surface area contributed by atoms with Gasteiger partial charge in [-0.3, -0.25) is 4.79 Å². The Morgan fingerprint density at radius 3 is 2.32 bits per heavy atom. The molecule has 0 aliphatic rings. The number of hydrogen-bond donors (Lipinski definition) is 0. The smallest absolute Gasteiger partial charge is 0.336 e. The molecule has 19 heavy (non-hydrogen) atoms. The molecule has 0 saturated heterocycles. The zero-order valence-corrected chi connectivity index (χ0v) is 10.9. The van der Waals surface area contributed by atoms with E-state index in [0.29, 0.717) is 5.75 Å². The molecule has 0 heterocycles. The van der Waals surface area contributed by atoms with Crippen molar-refractivity contribution >= 4 is 11.9 Å². The van der Waals surface area contributed by atoms with Gasteiger partial charge in [0, 0.05) is 12.5 Å². The van der Waals surface area contributed by atoms with E-state index in [-0.39, 0.29) is 12.2 Å². The van der Waals surface area contributed by atoms with Gasteiger partial charge in [-0.15, -0.1) is 0 Å². The SMILES string of the molecule is C=C(C)C(=O)OC(COc1ccccc1)OC(C)=O. The van der Waals surface area contributed by atoms with Crippen LogP contribution in [0.15, 0.2) is 42.5 Å². The average Bonchev–Trinajstić information content (AvgIpc) is 2.36. The Balaban J connectivity index is 2.56. The summed E-state index contributed by atoms with van der Waals surface area (Å²) in [5.74, 6) is -0.606. The number of carbonyl (C=O) groups is 2. The molecule has 0 aliphatic carbocycles. The molecule has 0 aliphatic heterocycles. The Hall–Kier alpha value is -2.30. The molecule has 5 heteroatoms. The van der Waals surface area contributed by atoms with Crippen molar-refractivity contribution in [1.29, 1.82) is 0 Å². The fraction of sp³-hybridized carbons (Fsp3) is 0.286. The van der Waals surface area contributed by atoms with Gasteiger partial charge in [-0.05, 0) is 19.1 Å². The molecule has 0 N–H and O–H groups in total. The highest BCUT2D eigenvalue weighted by molar-refractivity contribution is 5.87. The van der Waals surface area contributed by atoms with Crippen LogP contribution in [0.1, 0.15) is 13.8 Å². The molecule has 0 bridgehead atoms. The van der Waals surface area contributed by atoms with E-state index in [1.54, 1.807) is 24.3 Å². The van der Waals surface area contributed by atoms with Crippen LogP contribution in [-0.2, 0) is 19.1 Å². The van der Waals surface area contributed by atoms with Crippen molar-refractivity contribution in [2.75, 3.05) is 6.61 Å². The summed E-state index contributed by atoms with van der Waals surface area (Å²) >= 11 is 0. The zero-order chi connectivity index (χ0) is 14.3. The molecular weight excluding hydrogens is 248 g/mol. The van der Waals surface area contributed by atoms with Crippen molar-refractivity contribution in [1.82, 2.24) is 0 Å². The van der Waals surface area contributed by atoms with Crippen LogP contribution in [0.2, 0.25) is 0 Å². The first kappa shape index (κ1) is 14.8.